The van der Waals surface area contributed by atoms with Gasteiger partial charge in [0.1, 0.15) is 11.5 Å². The van der Waals surface area contributed by atoms with E-state index in [1.165, 1.54) is 68.8 Å². The van der Waals surface area contributed by atoms with E-state index in [2.05, 4.69) is 9.44 Å². The number of anilines is 3. The van der Waals surface area contributed by atoms with Crippen LogP contribution in [0.5, 0.6) is 11.5 Å². The molecule has 2 N–H and O–H groups in total. The molecular formula is C24H23N3O8S2. The van der Waals surface area contributed by atoms with Gasteiger partial charge in [0.25, 0.3) is 20.0 Å². The van der Waals surface area contributed by atoms with Crippen LogP contribution in [0.4, 0.5) is 17.1 Å². The third-order valence-corrected chi connectivity index (χ3v) is 8.30. The third kappa shape index (κ3) is 5.52. The first kappa shape index (κ1) is 26.0. The van der Waals surface area contributed by atoms with Crippen molar-refractivity contribution in [2.24, 2.45) is 0 Å². The average molecular weight is 546 g/mol. The summed E-state index contributed by atoms with van der Waals surface area (Å²) in [4.78, 5) is 24.6. The molecule has 3 aromatic carbocycles. The number of amides is 2. The van der Waals surface area contributed by atoms with Crippen molar-refractivity contribution in [3.63, 3.8) is 0 Å². The molecule has 0 unspecified atom stereocenters. The van der Waals surface area contributed by atoms with Crippen LogP contribution in [-0.4, -0.2) is 42.9 Å². The number of rotatable bonds is 9. The average Bonchev–Trinajstić information content (AvgIpc) is 3.21. The highest BCUT2D eigenvalue weighted by atomic mass is 32.2. The highest BCUT2D eigenvalue weighted by Crippen LogP contribution is 2.31. The lowest BCUT2D eigenvalue weighted by atomic mass is 10.3. The van der Waals surface area contributed by atoms with Crippen LogP contribution in [0.25, 0.3) is 0 Å². The molecule has 37 heavy (non-hydrogen) atoms. The number of nitrogens with one attached hydrogen (secondary N) is 2. The van der Waals surface area contributed by atoms with Gasteiger partial charge < -0.3 is 9.47 Å². The van der Waals surface area contributed by atoms with Crippen molar-refractivity contribution in [2.75, 3.05) is 28.6 Å². The lowest BCUT2D eigenvalue weighted by molar-refractivity contribution is -0.121. The van der Waals surface area contributed by atoms with Crippen LogP contribution in [0, 0.1) is 0 Å². The maximum Gasteiger partial charge on any atom is 0.262 e. The van der Waals surface area contributed by atoms with Gasteiger partial charge in [-0.25, -0.2) is 16.8 Å². The van der Waals surface area contributed by atoms with E-state index < -0.39 is 20.0 Å². The van der Waals surface area contributed by atoms with Crippen LogP contribution < -0.4 is 23.8 Å². The van der Waals surface area contributed by atoms with Crippen molar-refractivity contribution in [1.29, 1.82) is 0 Å². The van der Waals surface area contributed by atoms with Gasteiger partial charge in [-0.1, -0.05) is 0 Å². The van der Waals surface area contributed by atoms with E-state index in [0.717, 1.165) is 4.90 Å². The van der Waals surface area contributed by atoms with Crippen LogP contribution in [0.2, 0.25) is 0 Å². The molecule has 0 spiro atoms. The summed E-state index contributed by atoms with van der Waals surface area (Å²) in [7, 11) is -5.21. The zero-order chi connectivity index (χ0) is 26.8. The van der Waals surface area contributed by atoms with E-state index in [1.54, 1.807) is 12.1 Å². The molecular weight excluding hydrogens is 522 g/mol. The number of benzene rings is 3. The van der Waals surface area contributed by atoms with Crippen molar-refractivity contribution < 1.29 is 35.9 Å². The fourth-order valence-electron chi connectivity index (χ4n) is 3.65. The number of ether oxygens (including phenoxy) is 2. The highest BCUT2D eigenvalue weighted by molar-refractivity contribution is 7.93. The number of hydrogen-bond acceptors (Lipinski definition) is 8. The minimum Gasteiger partial charge on any atom is -0.497 e. The molecule has 3 aromatic rings. The standard InChI is InChI=1S/C24H23N3O8S2/c1-34-18-7-12-22(35-2)21(15-18)26-37(32,33)19-8-3-16(4-9-19)25-36(30,31)20-10-5-17(6-11-20)27-23(28)13-14-24(27)29/h3-12,15,25-26H,13-14H2,1-2H3. The normalized spacial score (nSPS) is 13.9. The van der Waals surface area contributed by atoms with Gasteiger partial charge in [-0.15, -0.1) is 0 Å². The zero-order valence-corrected chi connectivity index (χ0v) is 21.4. The van der Waals surface area contributed by atoms with Crippen LogP contribution in [-0.2, 0) is 29.6 Å². The summed E-state index contributed by atoms with van der Waals surface area (Å²) in [5.41, 5.74) is 0.598. The molecule has 1 fully saturated rings. The molecule has 0 aliphatic carbocycles. The molecule has 1 saturated heterocycles. The molecule has 0 aromatic heterocycles. The van der Waals surface area contributed by atoms with Gasteiger partial charge in [0, 0.05) is 24.6 Å². The molecule has 1 aliphatic rings. The molecule has 1 heterocycles. The minimum atomic E-state index is -4.03. The van der Waals surface area contributed by atoms with Crippen molar-refractivity contribution in [1.82, 2.24) is 0 Å². The van der Waals surface area contributed by atoms with Gasteiger partial charge in [-0.05, 0) is 60.7 Å². The van der Waals surface area contributed by atoms with E-state index in [-0.39, 0.29) is 45.8 Å². The highest BCUT2D eigenvalue weighted by Gasteiger charge is 2.30. The van der Waals surface area contributed by atoms with E-state index in [0.29, 0.717) is 17.2 Å². The Labute approximate surface area is 214 Å². The number of sulfonamides is 2. The Morgan fingerprint density at radius 1 is 0.703 bits per heavy atom. The van der Waals surface area contributed by atoms with Crippen molar-refractivity contribution in [3.05, 3.63) is 66.7 Å². The first-order valence-electron chi connectivity index (χ1n) is 10.9. The molecule has 13 heteroatoms. The summed E-state index contributed by atoms with van der Waals surface area (Å²) in [6.07, 6.45) is 0.240. The molecule has 0 bridgehead atoms. The fourth-order valence-corrected chi connectivity index (χ4v) is 5.77. The van der Waals surface area contributed by atoms with Crippen LogP contribution >= 0.6 is 0 Å². The maximum atomic E-state index is 12.9. The van der Waals surface area contributed by atoms with E-state index in [4.69, 9.17) is 9.47 Å². The number of imide groups is 1. The molecule has 0 saturated carbocycles. The van der Waals surface area contributed by atoms with Gasteiger partial charge in [0.15, 0.2) is 0 Å². The molecule has 0 atom stereocenters. The first-order chi connectivity index (χ1) is 17.5. The Morgan fingerprint density at radius 2 is 1.24 bits per heavy atom. The monoisotopic (exact) mass is 545 g/mol. The summed E-state index contributed by atoms with van der Waals surface area (Å²) in [6.45, 7) is 0. The predicted molar refractivity (Wildman–Crippen MR) is 136 cm³/mol. The zero-order valence-electron chi connectivity index (χ0n) is 19.8. The summed E-state index contributed by atoms with van der Waals surface area (Å²) in [5.74, 6) is 0.0365. The number of methoxy groups -OCH3 is 2. The van der Waals surface area contributed by atoms with Gasteiger partial charge in [-0.3, -0.25) is 23.9 Å². The number of carbonyl (C=O) groups excluding carboxylic acids is 2. The van der Waals surface area contributed by atoms with Crippen molar-refractivity contribution in [2.45, 2.75) is 22.6 Å². The predicted octanol–water partition coefficient (Wildman–Crippen LogP) is 2.96. The summed E-state index contributed by atoms with van der Waals surface area (Å²) in [6, 6.07) is 15.1. The number of nitrogens with zero attached hydrogens (tertiary/aromatic N) is 1. The largest absolute Gasteiger partial charge is 0.497 e. The molecule has 0 radical (unpaired) electrons. The summed E-state index contributed by atoms with van der Waals surface area (Å²) < 4.78 is 66.5. The van der Waals surface area contributed by atoms with Gasteiger partial charge in [-0.2, -0.15) is 0 Å². The molecule has 1 aliphatic heterocycles. The van der Waals surface area contributed by atoms with E-state index >= 15 is 0 Å². The second-order valence-corrected chi connectivity index (χ2v) is 11.3. The fraction of sp³-hybridized carbons (Fsp3) is 0.167. The lowest BCUT2D eigenvalue weighted by Crippen LogP contribution is -2.28. The molecule has 11 nitrogen and oxygen atoms in total. The number of carbonyl (C=O) groups is 2. The Kier molecular flexibility index (Phi) is 7.09. The smallest absolute Gasteiger partial charge is 0.262 e. The second kappa shape index (κ2) is 10.1. The third-order valence-electron chi connectivity index (χ3n) is 5.52. The first-order valence-corrected chi connectivity index (χ1v) is 13.8. The second-order valence-electron chi connectivity index (χ2n) is 7.92. The van der Waals surface area contributed by atoms with E-state index in [9.17, 15) is 26.4 Å². The van der Waals surface area contributed by atoms with Crippen molar-refractivity contribution >= 4 is 48.9 Å². The number of hydrogen-bond donors (Lipinski definition) is 2. The van der Waals surface area contributed by atoms with Crippen LogP contribution in [0.15, 0.2) is 76.5 Å². The minimum absolute atomic E-state index is 0.0983. The van der Waals surface area contributed by atoms with Crippen LogP contribution in [0.3, 0.4) is 0 Å². The molecule has 194 valence electrons. The Hall–Kier alpha value is -4.10. The van der Waals surface area contributed by atoms with Gasteiger partial charge in [0.05, 0.1) is 35.4 Å². The lowest BCUT2D eigenvalue weighted by Gasteiger charge is -2.15. The Balaban J connectivity index is 1.49. The quantitative estimate of drug-likeness (QED) is 0.390. The Morgan fingerprint density at radius 3 is 1.78 bits per heavy atom. The maximum absolute atomic E-state index is 12.9. The van der Waals surface area contributed by atoms with Crippen molar-refractivity contribution in [3.8, 4) is 11.5 Å². The van der Waals surface area contributed by atoms with Crippen LogP contribution in [0.1, 0.15) is 12.8 Å². The van der Waals surface area contributed by atoms with Gasteiger partial charge in [0.2, 0.25) is 11.8 Å². The van der Waals surface area contributed by atoms with E-state index in [1.807, 2.05) is 0 Å². The molecule has 2 amide bonds. The topological polar surface area (TPSA) is 148 Å². The Bertz CT molecular complexity index is 1540. The summed E-state index contributed by atoms with van der Waals surface area (Å²) in [5, 5.41) is 0. The molecule has 4 rings (SSSR count). The summed E-state index contributed by atoms with van der Waals surface area (Å²) >= 11 is 0. The SMILES string of the molecule is COc1ccc(OC)c(NS(=O)(=O)c2ccc(NS(=O)(=O)c3ccc(N4C(=O)CCC4=O)cc3)cc2)c1. The van der Waals surface area contributed by atoms with Gasteiger partial charge >= 0.3 is 0 Å².